The van der Waals surface area contributed by atoms with Gasteiger partial charge in [-0.3, -0.25) is 4.79 Å². The molecule has 2 rings (SSSR count). The lowest BCUT2D eigenvalue weighted by Gasteiger charge is -2.11. The molecule has 1 saturated heterocycles. The number of hydrogen-bond acceptors (Lipinski definition) is 3. The first-order valence-electron chi connectivity index (χ1n) is 6.42. The number of benzene rings is 1. The zero-order valence-corrected chi connectivity index (χ0v) is 10.4. The van der Waals surface area contributed by atoms with Crippen LogP contribution < -0.4 is 5.32 Å². The van der Waals surface area contributed by atoms with Crippen molar-refractivity contribution in [1.82, 2.24) is 0 Å². The van der Waals surface area contributed by atoms with E-state index in [0.717, 1.165) is 36.9 Å². The number of aliphatic hydroxyl groups excluding tert-OH is 1. The average Bonchev–Trinajstić information content (AvgIpc) is 2.91. The molecular weight excluding hydrogens is 230 g/mol. The molecule has 0 aromatic heterocycles. The molecule has 98 valence electrons. The molecule has 0 radical (unpaired) electrons. The SMILES string of the molecule is O=C(Nc1cccc(CCCO)c1)[C@@H]1CCCO1. The summed E-state index contributed by atoms with van der Waals surface area (Å²) in [6.45, 7) is 0.862. The number of amides is 1. The predicted molar refractivity (Wildman–Crippen MR) is 69.5 cm³/mol. The Morgan fingerprint density at radius 1 is 1.50 bits per heavy atom. The van der Waals surface area contributed by atoms with Crippen molar-refractivity contribution in [1.29, 1.82) is 0 Å². The molecule has 1 aliphatic rings. The van der Waals surface area contributed by atoms with Crippen molar-refractivity contribution in [2.45, 2.75) is 31.8 Å². The summed E-state index contributed by atoms with van der Waals surface area (Å²) in [5, 5.41) is 11.7. The number of carbonyl (C=O) groups excluding carboxylic acids is 1. The lowest BCUT2D eigenvalue weighted by atomic mass is 10.1. The van der Waals surface area contributed by atoms with Gasteiger partial charge >= 0.3 is 0 Å². The van der Waals surface area contributed by atoms with E-state index in [4.69, 9.17) is 9.84 Å². The first-order valence-corrected chi connectivity index (χ1v) is 6.42. The number of aliphatic hydroxyl groups is 1. The van der Waals surface area contributed by atoms with Crippen molar-refractivity contribution in [2.75, 3.05) is 18.5 Å². The highest BCUT2D eigenvalue weighted by Crippen LogP contribution is 2.16. The molecule has 0 saturated carbocycles. The third-order valence-electron chi connectivity index (χ3n) is 3.04. The Bertz CT molecular complexity index is 400. The van der Waals surface area contributed by atoms with E-state index in [1.807, 2.05) is 24.3 Å². The van der Waals surface area contributed by atoms with E-state index in [1.165, 1.54) is 0 Å². The maximum atomic E-state index is 11.9. The van der Waals surface area contributed by atoms with E-state index < -0.39 is 0 Å². The monoisotopic (exact) mass is 249 g/mol. The highest BCUT2D eigenvalue weighted by atomic mass is 16.5. The zero-order chi connectivity index (χ0) is 12.8. The summed E-state index contributed by atoms with van der Waals surface area (Å²) in [7, 11) is 0. The molecule has 1 aromatic carbocycles. The van der Waals surface area contributed by atoms with Crippen molar-refractivity contribution < 1.29 is 14.6 Å². The normalized spacial score (nSPS) is 18.8. The standard InChI is InChI=1S/C14H19NO3/c16-8-2-5-11-4-1-6-12(10-11)15-14(17)13-7-3-9-18-13/h1,4,6,10,13,16H,2-3,5,7-9H2,(H,15,17)/t13-/m0/s1. The van der Waals surface area contributed by atoms with E-state index >= 15 is 0 Å². The fourth-order valence-electron chi connectivity index (χ4n) is 2.09. The van der Waals surface area contributed by atoms with Crippen LogP contribution in [0.25, 0.3) is 0 Å². The largest absolute Gasteiger partial charge is 0.396 e. The Morgan fingerprint density at radius 3 is 3.11 bits per heavy atom. The molecule has 1 amide bonds. The van der Waals surface area contributed by atoms with Crippen LogP contribution in [0.4, 0.5) is 5.69 Å². The van der Waals surface area contributed by atoms with Crippen LogP contribution in [0.15, 0.2) is 24.3 Å². The number of hydrogen-bond donors (Lipinski definition) is 2. The van der Waals surface area contributed by atoms with E-state index in [1.54, 1.807) is 0 Å². The molecule has 0 spiro atoms. The molecule has 4 heteroatoms. The zero-order valence-electron chi connectivity index (χ0n) is 10.4. The molecular formula is C14H19NO3. The first kappa shape index (κ1) is 13.1. The number of anilines is 1. The Morgan fingerprint density at radius 2 is 2.39 bits per heavy atom. The predicted octanol–water partition coefficient (Wildman–Crippen LogP) is 1.73. The first-order chi connectivity index (χ1) is 8.79. The summed E-state index contributed by atoms with van der Waals surface area (Å²) in [5.41, 5.74) is 1.92. The van der Waals surface area contributed by atoms with Gasteiger partial charge in [-0.05, 0) is 43.4 Å². The number of ether oxygens (including phenoxy) is 1. The Labute approximate surface area is 107 Å². The second-order valence-electron chi connectivity index (χ2n) is 4.52. The van der Waals surface area contributed by atoms with Crippen LogP contribution in [0.3, 0.4) is 0 Å². The van der Waals surface area contributed by atoms with Crippen LogP contribution >= 0.6 is 0 Å². The third kappa shape index (κ3) is 3.55. The van der Waals surface area contributed by atoms with Crippen LogP contribution in [0.5, 0.6) is 0 Å². The lowest BCUT2D eigenvalue weighted by molar-refractivity contribution is -0.124. The van der Waals surface area contributed by atoms with Crippen LogP contribution in [0.1, 0.15) is 24.8 Å². The summed E-state index contributed by atoms with van der Waals surface area (Å²) in [6, 6.07) is 7.73. The van der Waals surface area contributed by atoms with Gasteiger partial charge < -0.3 is 15.2 Å². The Hall–Kier alpha value is -1.39. The fourth-order valence-corrected chi connectivity index (χ4v) is 2.09. The number of carbonyl (C=O) groups is 1. The molecule has 1 aromatic rings. The number of nitrogens with one attached hydrogen (secondary N) is 1. The number of rotatable bonds is 5. The smallest absolute Gasteiger partial charge is 0.253 e. The molecule has 18 heavy (non-hydrogen) atoms. The van der Waals surface area contributed by atoms with Gasteiger partial charge in [0.05, 0.1) is 0 Å². The van der Waals surface area contributed by atoms with Crippen molar-refractivity contribution in [2.24, 2.45) is 0 Å². The quantitative estimate of drug-likeness (QED) is 0.835. The summed E-state index contributed by atoms with van der Waals surface area (Å²) < 4.78 is 5.34. The summed E-state index contributed by atoms with van der Waals surface area (Å²) in [4.78, 5) is 11.9. The van der Waals surface area contributed by atoms with E-state index in [2.05, 4.69) is 5.32 Å². The number of aryl methyl sites for hydroxylation is 1. The van der Waals surface area contributed by atoms with Gasteiger partial charge in [0.2, 0.25) is 0 Å². The minimum atomic E-state index is -0.300. The van der Waals surface area contributed by atoms with Gasteiger partial charge in [0.25, 0.3) is 5.91 Å². The average molecular weight is 249 g/mol. The van der Waals surface area contributed by atoms with E-state index in [-0.39, 0.29) is 18.6 Å². The van der Waals surface area contributed by atoms with Crippen LogP contribution in [0, 0.1) is 0 Å². The highest BCUT2D eigenvalue weighted by Gasteiger charge is 2.23. The van der Waals surface area contributed by atoms with Crippen molar-refractivity contribution in [3.8, 4) is 0 Å². The summed E-state index contributed by atoms with van der Waals surface area (Å²) in [6.07, 6.45) is 3.01. The van der Waals surface area contributed by atoms with Gasteiger partial charge in [0.15, 0.2) is 0 Å². The molecule has 4 nitrogen and oxygen atoms in total. The summed E-state index contributed by atoms with van der Waals surface area (Å²) in [5.74, 6) is -0.0631. The highest BCUT2D eigenvalue weighted by molar-refractivity contribution is 5.94. The van der Waals surface area contributed by atoms with Gasteiger partial charge in [0.1, 0.15) is 6.10 Å². The maximum Gasteiger partial charge on any atom is 0.253 e. The van der Waals surface area contributed by atoms with E-state index in [0.29, 0.717) is 6.61 Å². The minimum absolute atomic E-state index is 0.0631. The molecule has 1 atom stereocenters. The molecule has 2 N–H and O–H groups in total. The minimum Gasteiger partial charge on any atom is -0.396 e. The molecule has 0 bridgehead atoms. The van der Waals surface area contributed by atoms with Crippen molar-refractivity contribution >= 4 is 11.6 Å². The van der Waals surface area contributed by atoms with Crippen LogP contribution in [-0.2, 0) is 16.0 Å². The molecule has 0 unspecified atom stereocenters. The van der Waals surface area contributed by atoms with Crippen LogP contribution in [-0.4, -0.2) is 30.3 Å². The Kier molecular flexibility index (Phi) is 4.73. The van der Waals surface area contributed by atoms with Crippen LogP contribution in [0.2, 0.25) is 0 Å². The third-order valence-corrected chi connectivity index (χ3v) is 3.04. The second-order valence-corrected chi connectivity index (χ2v) is 4.52. The fraction of sp³-hybridized carbons (Fsp3) is 0.500. The summed E-state index contributed by atoms with van der Waals surface area (Å²) >= 11 is 0. The van der Waals surface area contributed by atoms with Gasteiger partial charge in [0, 0.05) is 18.9 Å². The maximum absolute atomic E-state index is 11.9. The van der Waals surface area contributed by atoms with E-state index in [9.17, 15) is 4.79 Å². The van der Waals surface area contributed by atoms with Crippen molar-refractivity contribution in [3.05, 3.63) is 29.8 Å². The molecule has 1 heterocycles. The van der Waals surface area contributed by atoms with Gasteiger partial charge in [-0.2, -0.15) is 0 Å². The topological polar surface area (TPSA) is 58.6 Å². The van der Waals surface area contributed by atoms with Gasteiger partial charge in [-0.25, -0.2) is 0 Å². The van der Waals surface area contributed by atoms with Gasteiger partial charge in [-0.1, -0.05) is 12.1 Å². The Balaban J connectivity index is 1.93. The van der Waals surface area contributed by atoms with Gasteiger partial charge in [-0.15, -0.1) is 0 Å². The molecule has 0 aliphatic carbocycles. The lowest BCUT2D eigenvalue weighted by Crippen LogP contribution is -2.26. The van der Waals surface area contributed by atoms with Crippen molar-refractivity contribution in [3.63, 3.8) is 0 Å². The molecule has 1 fully saturated rings. The second kappa shape index (κ2) is 6.52. The molecule has 1 aliphatic heterocycles.